The third kappa shape index (κ3) is 2.80. The van der Waals surface area contributed by atoms with Crippen molar-refractivity contribution >= 4 is 6.03 Å². The van der Waals surface area contributed by atoms with Crippen molar-refractivity contribution in [3.63, 3.8) is 0 Å². The predicted octanol–water partition coefficient (Wildman–Crippen LogP) is 2.32. The molecule has 1 aromatic rings. The molecule has 2 heterocycles. The van der Waals surface area contributed by atoms with Crippen LogP contribution in [-0.2, 0) is 4.74 Å². The highest BCUT2D eigenvalue weighted by atomic mass is 16.5. The van der Waals surface area contributed by atoms with Crippen LogP contribution < -0.4 is 0 Å². The van der Waals surface area contributed by atoms with Crippen molar-refractivity contribution in [2.24, 2.45) is 0 Å². The summed E-state index contributed by atoms with van der Waals surface area (Å²) in [5.74, 6) is 0.485. The van der Waals surface area contributed by atoms with Crippen molar-refractivity contribution < 1.29 is 9.53 Å². The first-order chi connectivity index (χ1) is 9.74. The summed E-state index contributed by atoms with van der Waals surface area (Å²) in [6.45, 7) is 5.82. The number of rotatable bonds is 1. The number of morpholine rings is 1. The maximum atomic E-state index is 12.5. The van der Waals surface area contributed by atoms with Crippen LogP contribution in [0.25, 0.3) is 0 Å². The van der Waals surface area contributed by atoms with Gasteiger partial charge in [0.1, 0.15) is 0 Å². The molecule has 0 radical (unpaired) electrons. The molecule has 2 aliphatic heterocycles. The average Bonchev–Trinajstić information content (AvgIpc) is 2.97. The minimum absolute atomic E-state index is 0.153. The zero-order chi connectivity index (χ0) is 13.9. The average molecular weight is 274 g/mol. The van der Waals surface area contributed by atoms with Crippen molar-refractivity contribution in [2.45, 2.75) is 25.4 Å². The highest BCUT2D eigenvalue weighted by molar-refractivity contribution is 5.75. The number of benzene rings is 1. The molecule has 4 heteroatoms. The summed E-state index contributed by atoms with van der Waals surface area (Å²) in [7, 11) is 0. The van der Waals surface area contributed by atoms with Crippen LogP contribution in [-0.4, -0.2) is 54.7 Å². The highest BCUT2D eigenvalue weighted by Gasteiger charge is 2.31. The lowest BCUT2D eigenvalue weighted by molar-refractivity contribution is -0.00825. The van der Waals surface area contributed by atoms with Gasteiger partial charge in [-0.1, -0.05) is 30.3 Å². The second-order valence-electron chi connectivity index (χ2n) is 5.75. The molecule has 108 valence electrons. The zero-order valence-electron chi connectivity index (χ0n) is 12.0. The molecule has 3 rings (SSSR count). The van der Waals surface area contributed by atoms with Crippen LogP contribution in [0, 0.1) is 0 Å². The van der Waals surface area contributed by atoms with Gasteiger partial charge in [0.25, 0.3) is 0 Å². The summed E-state index contributed by atoms with van der Waals surface area (Å²) < 4.78 is 5.50. The molecule has 2 fully saturated rings. The normalized spacial score (nSPS) is 26.9. The van der Waals surface area contributed by atoms with E-state index in [0.29, 0.717) is 19.1 Å². The van der Waals surface area contributed by atoms with Gasteiger partial charge in [0.2, 0.25) is 0 Å². The third-order valence-corrected chi connectivity index (χ3v) is 4.24. The number of amides is 2. The molecule has 0 spiro atoms. The molecule has 0 saturated carbocycles. The molecule has 1 aromatic carbocycles. The van der Waals surface area contributed by atoms with E-state index in [4.69, 9.17) is 4.74 Å². The molecular formula is C16H22N2O2. The number of carbonyl (C=O) groups is 1. The minimum Gasteiger partial charge on any atom is -0.375 e. The van der Waals surface area contributed by atoms with Gasteiger partial charge in [-0.15, -0.1) is 0 Å². The standard InChI is InChI=1S/C16H22N2O2/c1-13-11-18(9-10-20-13)16(19)17-8-7-15(12-17)14-5-3-2-4-6-14/h2-6,13,15H,7-12H2,1H3/t13-,15?/m1/s1. The van der Waals surface area contributed by atoms with E-state index in [1.165, 1.54) is 5.56 Å². The van der Waals surface area contributed by atoms with Gasteiger partial charge in [0.05, 0.1) is 12.7 Å². The molecule has 4 nitrogen and oxygen atoms in total. The maximum absolute atomic E-state index is 12.5. The quantitative estimate of drug-likeness (QED) is 0.787. The van der Waals surface area contributed by atoms with Crippen LogP contribution in [0.15, 0.2) is 30.3 Å². The van der Waals surface area contributed by atoms with E-state index in [2.05, 4.69) is 24.3 Å². The van der Waals surface area contributed by atoms with E-state index in [-0.39, 0.29) is 12.1 Å². The molecule has 0 N–H and O–H groups in total. The molecule has 0 aromatic heterocycles. The van der Waals surface area contributed by atoms with Crippen molar-refractivity contribution in [1.29, 1.82) is 0 Å². The number of nitrogens with zero attached hydrogens (tertiary/aromatic N) is 2. The number of ether oxygens (including phenoxy) is 1. The summed E-state index contributed by atoms with van der Waals surface area (Å²) in [5.41, 5.74) is 1.35. The van der Waals surface area contributed by atoms with Gasteiger partial charge in [-0.25, -0.2) is 4.79 Å². The molecule has 0 aliphatic carbocycles. The van der Waals surface area contributed by atoms with Gasteiger partial charge in [0, 0.05) is 32.1 Å². The highest BCUT2D eigenvalue weighted by Crippen LogP contribution is 2.27. The molecule has 2 saturated heterocycles. The van der Waals surface area contributed by atoms with Gasteiger partial charge < -0.3 is 14.5 Å². The first-order valence-corrected chi connectivity index (χ1v) is 7.44. The Morgan fingerprint density at radius 3 is 2.65 bits per heavy atom. The summed E-state index contributed by atoms with van der Waals surface area (Å²) in [6, 6.07) is 10.7. The van der Waals surface area contributed by atoms with Crippen LogP contribution in [0.4, 0.5) is 4.79 Å². The Morgan fingerprint density at radius 2 is 1.90 bits per heavy atom. The Morgan fingerprint density at radius 1 is 1.15 bits per heavy atom. The van der Waals surface area contributed by atoms with E-state index in [1.54, 1.807) is 0 Å². The Hall–Kier alpha value is -1.55. The molecular weight excluding hydrogens is 252 g/mol. The predicted molar refractivity (Wildman–Crippen MR) is 77.8 cm³/mol. The zero-order valence-corrected chi connectivity index (χ0v) is 12.0. The van der Waals surface area contributed by atoms with Crippen LogP contribution in [0.2, 0.25) is 0 Å². The van der Waals surface area contributed by atoms with E-state index < -0.39 is 0 Å². The lowest BCUT2D eigenvalue weighted by Crippen LogP contribution is -2.49. The van der Waals surface area contributed by atoms with Crippen LogP contribution >= 0.6 is 0 Å². The number of hydrogen-bond donors (Lipinski definition) is 0. The summed E-state index contributed by atoms with van der Waals surface area (Å²) in [6.07, 6.45) is 1.22. The van der Waals surface area contributed by atoms with Gasteiger partial charge in [-0.2, -0.15) is 0 Å². The topological polar surface area (TPSA) is 32.8 Å². The third-order valence-electron chi connectivity index (χ3n) is 4.24. The Balaban J connectivity index is 1.61. The Bertz CT molecular complexity index is 463. The van der Waals surface area contributed by atoms with Gasteiger partial charge >= 0.3 is 6.03 Å². The Kier molecular flexibility index (Phi) is 3.92. The molecule has 2 amide bonds. The number of hydrogen-bond acceptors (Lipinski definition) is 2. The maximum Gasteiger partial charge on any atom is 0.320 e. The van der Waals surface area contributed by atoms with Crippen molar-refractivity contribution in [3.8, 4) is 0 Å². The van der Waals surface area contributed by atoms with Gasteiger partial charge in [-0.3, -0.25) is 0 Å². The smallest absolute Gasteiger partial charge is 0.320 e. The SMILES string of the molecule is C[C@@H]1CN(C(=O)N2CCC(c3ccccc3)C2)CCO1. The number of urea groups is 1. The van der Waals surface area contributed by atoms with Gasteiger partial charge in [0.15, 0.2) is 0 Å². The summed E-state index contributed by atoms with van der Waals surface area (Å²) in [4.78, 5) is 16.4. The fourth-order valence-corrected chi connectivity index (χ4v) is 3.12. The molecule has 0 bridgehead atoms. The fraction of sp³-hybridized carbons (Fsp3) is 0.562. The Labute approximate surface area is 120 Å². The first-order valence-electron chi connectivity index (χ1n) is 7.44. The number of likely N-dealkylation sites (tertiary alicyclic amines) is 1. The van der Waals surface area contributed by atoms with Gasteiger partial charge in [-0.05, 0) is 18.9 Å². The van der Waals surface area contributed by atoms with Crippen LogP contribution in [0.3, 0.4) is 0 Å². The van der Waals surface area contributed by atoms with Crippen LogP contribution in [0.5, 0.6) is 0 Å². The lowest BCUT2D eigenvalue weighted by atomic mass is 9.99. The summed E-state index contributed by atoms with van der Waals surface area (Å²) in [5, 5.41) is 0. The molecule has 20 heavy (non-hydrogen) atoms. The van der Waals surface area contributed by atoms with Crippen molar-refractivity contribution in [2.75, 3.05) is 32.8 Å². The van der Waals surface area contributed by atoms with E-state index in [1.807, 2.05) is 22.8 Å². The molecule has 2 aliphatic rings. The van der Waals surface area contributed by atoms with Crippen LogP contribution in [0.1, 0.15) is 24.8 Å². The van der Waals surface area contributed by atoms with E-state index >= 15 is 0 Å². The minimum atomic E-state index is 0.153. The first kappa shape index (κ1) is 13.4. The largest absolute Gasteiger partial charge is 0.375 e. The lowest BCUT2D eigenvalue weighted by Gasteiger charge is -2.34. The fourth-order valence-electron chi connectivity index (χ4n) is 3.12. The number of carbonyl (C=O) groups excluding carboxylic acids is 1. The van der Waals surface area contributed by atoms with Crippen molar-refractivity contribution in [3.05, 3.63) is 35.9 Å². The second kappa shape index (κ2) is 5.83. The van der Waals surface area contributed by atoms with E-state index in [0.717, 1.165) is 26.1 Å². The van der Waals surface area contributed by atoms with Crippen molar-refractivity contribution in [1.82, 2.24) is 9.80 Å². The second-order valence-corrected chi connectivity index (χ2v) is 5.75. The van der Waals surface area contributed by atoms with E-state index in [9.17, 15) is 4.79 Å². The molecule has 2 atom stereocenters. The summed E-state index contributed by atoms with van der Waals surface area (Å²) >= 11 is 0. The molecule has 1 unspecified atom stereocenters. The monoisotopic (exact) mass is 274 g/mol.